The molecule has 1 aromatic carbocycles. The Balaban J connectivity index is 3.31. The molecule has 0 aliphatic carbocycles. The molecule has 0 fully saturated rings. The number of hydrogen-bond donors (Lipinski definition) is 2. The van der Waals surface area contributed by atoms with Crippen molar-refractivity contribution in [2.24, 2.45) is 5.73 Å². The summed E-state index contributed by atoms with van der Waals surface area (Å²) in [4.78, 5) is 11.0. The summed E-state index contributed by atoms with van der Waals surface area (Å²) in [6.07, 6.45) is 0. The van der Waals surface area contributed by atoms with Crippen LogP contribution >= 0.6 is 45.2 Å². The van der Waals surface area contributed by atoms with Crippen molar-refractivity contribution < 1.29 is 9.90 Å². The van der Waals surface area contributed by atoms with Crippen molar-refractivity contribution in [2.75, 3.05) is 0 Å². The number of carbonyl (C=O) groups is 1. The van der Waals surface area contributed by atoms with Gasteiger partial charge in [-0.15, -0.1) is 0 Å². The topological polar surface area (TPSA) is 63.3 Å². The molecule has 0 amide bonds. The molecule has 0 saturated carbocycles. The van der Waals surface area contributed by atoms with E-state index in [1.54, 1.807) is 6.07 Å². The van der Waals surface area contributed by atoms with Gasteiger partial charge in [0.1, 0.15) is 5.54 Å². The molecule has 0 aromatic heterocycles. The third-order valence-corrected chi connectivity index (χ3v) is 3.54. The first-order valence-corrected chi connectivity index (χ1v) is 5.99. The van der Waals surface area contributed by atoms with Gasteiger partial charge in [0, 0.05) is 7.14 Å². The van der Waals surface area contributed by atoms with Crippen LogP contribution in [0.25, 0.3) is 0 Å². The van der Waals surface area contributed by atoms with Crippen molar-refractivity contribution in [1.29, 1.82) is 0 Å². The lowest BCUT2D eigenvalue weighted by atomic mass is 9.94. The van der Waals surface area contributed by atoms with Gasteiger partial charge in [-0.05, 0) is 75.9 Å². The number of benzene rings is 1. The number of carboxylic acid groups (broad SMARTS) is 1. The van der Waals surface area contributed by atoms with Crippen LogP contribution in [0.5, 0.6) is 0 Å². The minimum absolute atomic E-state index is 0.650. The molecular formula is C9H9I2NO2. The minimum Gasteiger partial charge on any atom is -0.480 e. The molecule has 0 spiro atoms. The summed E-state index contributed by atoms with van der Waals surface area (Å²) >= 11 is 4.22. The Bertz CT molecular complexity index is 377. The first-order valence-electron chi connectivity index (χ1n) is 3.83. The van der Waals surface area contributed by atoms with Crippen LogP contribution in [0.3, 0.4) is 0 Å². The molecule has 76 valence electrons. The van der Waals surface area contributed by atoms with Crippen molar-refractivity contribution >= 4 is 51.2 Å². The average Bonchev–Trinajstić information content (AvgIpc) is 2.08. The second-order valence-corrected chi connectivity index (χ2v) is 5.54. The number of halogens is 2. The van der Waals surface area contributed by atoms with Gasteiger partial charge in [0.2, 0.25) is 0 Å². The summed E-state index contributed by atoms with van der Waals surface area (Å²) in [5.41, 5.74) is 5.07. The van der Waals surface area contributed by atoms with E-state index >= 15 is 0 Å². The molecule has 3 nitrogen and oxygen atoms in total. The van der Waals surface area contributed by atoms with Crippen LogP contribution in [0.4, 0.5) is 0 Å². The third kappa shape index (κ3) is 2.37. The SMILES string of the molecule is CC(N)(C(=O)O)c1cc(I)ccc1I. The van der Waals surface area contributed by atoms with Crippen LogP contribution in [0.15, 0.2) is 18.2 Å². The highest BCUT2D eigenvalue weighted by Gasteiger charge is 2.32. The van der Waals surface area contributed by atoms with Gasteiger partial charge in [-0.2, -0.15) is 0 Å². The number of rotatable bonds is 2. The zero-order chi connectivity index (χ0) is 10.9. The summed E-state index contributed by atoms with van der Waals surface area (Å²) in [5, 5.41) is 8.98. The Morgan fingerprint density at radius 1 is 1.50 bits per heavy atom. The van der Waals surface area contributed by atoms with Crippen molar-refractivity contribution in [2.45, 2.75) is 12.5 Å². The van der Waals surface area contributed by atoms with Gasteiger partial charge in [0.05, 0.1) is 0 Å². The Morgan fingerprint density at radius 3 is 2.57 bits per heavy atom. The predicted octanol–water partition coefficient (Wildman–Crippen LogP) is 2.15. The van der Waals surface area contributed by atoms with Crippen LogP contribution in [-0.4, -0.2) is 11.1 Å². The molecule has 0 bridgehead atoms. The van der Waals surface area contributed by atoms with E-state index in [2.05, 4.69) is 45.2 Å². The standard InChI is InChI=1S/C9H9I2NO2/c1-9(12,8(13)14)6-4-5(10)2-3-7(6)11/h2-4H,12H2,1H3,(H,13,14). The lowest BCUT2D eigenvalue weighted by Gasteiger charge is -2.21. The molecule has 1 unspecified atom stereocenters. The molecule has 0 aliphatic heterocycles. The Labute approximate surface area is 109 Å². The van der Waals surface area contributed by atoms with E-state index in [1.807, 2.05) is 12.1 Å². The highest BCUT2D eigenvalue weighted by atomic mass is 127. The lowest BCUT2D eigenvalue weighted by Crippen LogP contribution is -2.42. The van der Waals surface area contributed by atoms with Crippen LogP contribution in [0.1, 0.15) is 12.5 Å². The smallest absolute Gasteiger partial charge is 0.328 e. The second kappa shape index (κ2) is 4.31. The summed E-state index contributed by atoms with van der Waals surface area (Å²) in [5.74, 6) is -1.02. The number of aliphatic carboxylic acids is 1. The first kappa shape index (κ1) is 12.2. The first-order chi connectivity index (χ1) is 6.35. The van der Waals surface area contributed by atoms with Gasteiger partial charge in [-0.1, -0.05) is 0 Å². The molecule has 0 heterocycles. The highest BCUT2D eigenvalue weighted by molar-refractivity contribution is 14.1. The molecule has 14 heavy (non-hydrogen) atoms. The molecular weight excluding hydrogens is 408 g/mol. The maximum absolute atomic E-state index is 11.0. The fraction of sp³-hybridized carbons (Fsp3) is 0.222. The van der Waals surface area contributed by atoms with Gasteiger partial charge < -0.3 is 10.8 Å². The zero-order valence-electron chi connectivity index (χ0n) is 7.42. The van der Waals surface area contributed by atoms with Crippen LogP contribution in [0, 0.1) is 7.14 Å². The Hall–Kier alpha value is 0.110. The molecule has 1 rings (SSSR count). The summed E-state index contributed by atoms with van der Waals surface area (Å²) in [6.45, 7) is 1.50. The Kier molecular flexibility index (Phi) is 3.75. The molecule has 0 radical (unpaired) electrons. The number of nitrogens with two attached hydrogens (primary N) is 1. The van der Waals surface area contributed by atoms with Crippen molar-refractivity contribution in [3.63, 3.8) is 0 Å². The quantitative estimate of drug-likeness (QED) is 0.726. The zero-order valence-corrected chi connectivity index (χ0v) is 11.7. The fourth-order valence-corrected chi connectivity index (χ4v) is 2.40. The van der Waals surface area contributed by atoms with Crippen LogP contribution in [-0.2, 0) is 10.3 Å². The summed E-state index contributed by atoms with van der Waals surface area (Å²) < 4.78 is 1.85. The Morgan fingerprint density at radius 2 is 2.07 bits per heavy atom. The lowest BCUT2D eigenvalue weighted by molar-refractivity contribution is -0.143. The molecule has 1 atom stereocenters. The maximum atomic E-state index is 11.0. The number of carboxylic acids is 1. The van der Waals surface area contributed by atoms with Gasteiger partial charge in [0.25, 0.3) is 0 Å². The molecule has 1 aromatic rings. The monoisotopic (exact) mass is 417 g/mol. The average molecular weight is 417 g/mol. The van der Waals surface area contributed by atoms with Crippen LogP contribution in [0.2, 0.25) is 0 Å². The van der Waals surface area contributed by atoms with E-state index < -0.39 is 11.5 Å². The molecule has 0 saturated heterocycles. The summed E-state index contributed by atoms with van der Waals surface area (Å²) in [6, 6.07) is 5.59. The van der Waals surface area contributed by atoms with E-state index in [0.29, 0.717) is 5.56 Å². The highest BCUT2D eigenvalue weighted by Crippen LogP contribution is 2.25. The maximum Gasteiger partial charge on any atom is 0.328 e. The van der Waals surface area contributed by atoms with Crippen molar-refractivity contribution in [1.82, 2.24) is 0 Å². The molecule has 3 N–H and O–H groups in total. The van der Waals surface area contributed by atoms with Gasteiger partial charge >= 0.3 is 5.97 Å². The molecule has 5 heteroatoms. The molecule has 0 aliphatic rings. The third-order valence-electron chi connectivity index (χ3n) is 1.93. The van der Waals surface area contributed by atoms with Crippen molar-refractivity contribution in [3.8, 4) is 0 Å². The predicted molar refractivity (Wildman–Crippen MR) is 71.1 cm³/mol. The largest absolute Gasteiger partial charge is 0.480 e. The van der Waals surface area contributed by atoms with E-state index in [0.717, 1.165) is 7.14 Å². The fourth-order valence-electron chi connectivity index (χ4n) is 1.01. The van der Waals surface area contributed by atoms with Gasteiger partial charge in [0.15, 0.2) is 0 Å². The van der Waals surface area contributed by atoms with Crippen molar-refractivity contribution in [3.05, 3.63) is 30.9 Å². The summed E-state index contributed by atoms with van der Waals surface area (Å²) in [7, 11) is 0. The van der Waals surface area contributed by atoms with Gasteiger partial charge in [-0.25, -0.2) is 4.79 Å². The number of hydrogen-bond acceptors (Lipinski definition) is 2. The van der Waals surface area contributed by atoms with E-state index in [1.165, 1.54) is 6.92 Å². The normalized spacial score (nSPS) is 14.9. The second-order valence-electron chi connectivity index (χ2n) is 3.13. The van der Waals surface area contributed by atoms with Gasteiger partial charge in [-0.3, -0.25) is 0 Å². The minimum atomic E-state index is -1.32. The van der Waals surface area contributed by atoms with E-state index in [9.17, 15) is 4.79 Å². The van der Waals surface area contributed by atoms with E-state index in [-0.39, 0.29) is 0 Å². The van der Waals surface area contributed by atoms with E-state index in [4.69, 9.17) is 10.8 Å². The van der Waals surface area contributed by atoms with Crippen LogP contribution < -0.4 is 5.73 Å².